The number of aromatic nitrogens is 2. The van der Waals surface area contributed by atoms with Crippen LogP contribution in [0.15, 0.2) is 6.20 Å². The molecule has 18 heavy (non-hydrogen) atoms. The number of nitrogens with zero attached hydrogens (tertiary/aromatic N) is 2. The highest BCUT2D eigenvalue weighted by atomic mass is 16.5. The monoisotopic (exact) mass is 253 g/mol. The van der Waals surface area contributed by atoms with E-state index in [0.717, 1.165) is 37.6 Å². The summed E-state index contributed by atoms with van der Waals surface area (Å²) >= 11 is 0. The molecule has 0 aliphatic carbocycles. The molecule has 104 valence electrons. The lowest BCUT2D eigenvalue weighted by atomic mass is 10.1. The van der Waals surface area contributed by atoms with Gasteiger partial charge in [0.2, 0.25) is 5.95 Å². The molecule has 0 fully saturated rings. The van der Waals surface area contributed by atoms with Crippen LogP contribution in [0.2, 0.25) is 0 Å². The third-order valence-corrected chi connectivity index (χ3v) is 2.84. The maximum absolute atomic E-state index is 5.09. The molecule has 1 aromatic heterocycles. The first-order valence-corrected chi connectivity index (χ1v) is 6.82. The molecule has 0 radical (unpaired) electrons. The van der Waals surface area contributed by atoms with E-state index in [2.05, 4.69) is 41.8 Å². The first kappa shape index (κ1) is 15.0. The molecule has 0 bridgehead atoms. The van der Waals surface area contributed by atoms with Crippen molar-refractivity contribution in [1.29, 1.82) is 0 Å². The average Bonchev–Trinajstić information content (AvgIpc) is 2.58. The highest BCUT2D eigenvalue weighted by Gasteiger charge is 2.10. The fourth-order valence-corrected chi connectivity index (χ4v) is 2.20. The van der Waals surface area contributed by atoms with Gasteiger partial charge >= 0.3 is 0 Å². The molecule has 1 atom stereocenters. The van der Waals surface area contributed by atoms with E-state index in [1.165, 1.54) is 0 Å². The molecule has 1 heterocycles. The van der Waals surface area contributed by atoms with Crippen molar-refractivity contribution in [3.63, 3.8) is 0 Å². The van der Waals surface area contributed by atoms with Crippen LogP contribution in [0, 0.1) is 12.8 Å². The molecule has 1 unspecified atom stereocenters. The van der Waals surface area contributed by atoms with Crippen LogP contribution in [-0.4, -0.2) is 29.3 Å². The van der Waals surface area contributed by atoms with Crippen molar-refractivity contribution in [2.75, 3.05) is 19.0 Å². The smallest absolute Gasteiger partial charge is 0.203 e. The summed E-state index contributed by atoms with van der Waals surface area (Å²) in [5.74, 6) is 1.68. The van der Waals surface area contributed by atoms with Crippen LogP contribution in [0.25, 0.3) is 0 Å². The molecule has 0 aliphatic rings. The standard InChI is InChI=1S/C14H27N3O/c1-11(2)9-12(3)15-14-16-13(4)10-17(14)7-6-8-18-5/h10-12H,6-9H2,1-5H3,(H,15,16). The van der Waals surface area contributed by atoms with Crippen LogP contribution in [0.4, 0.5) is 5.95 Å². The second-order valence-corrected chi connectivity index (χ2v) is 5.42. The number of rotatable bonds is 8. The fourth-order valence-electron chi connectivity index (χ4n) is 2.20. The van der Waals surface area contributed by atoms with Gasteiger partial charge in [0.25, 0.3) is 0 Å². The number of methoxy groups -OCH3 is 1. The van der Waals surface area contributed by atoms with E-state index in [1.54, 1.807) is 7.11 Å². The molecule has 1 rings (SSSR count). The molecule has 1 aromatic rings. The van der Waals surface area contributed by atoms with Gasteiger partial charge in [-0.1, -0.05) is 13.8 Å². The quantitative estimate of drug-likeness (QED) is 0.724. The van der Waals surface area contributed by atoms with Crippen molar-refractivity contribution in [3.8, 4) is 0 Å². The normalized spacial score (nSPS) is 13.0. The van der Waals surface area contributed by atoms with Crippen LogP contribution >= 0.6 is 0 Å². The van der Waals surface area contributed by atoms with Gasteiger partial charge in [-0.2, -0.15) is 0 Å². The van der Waals surface area contributed by atoms with Crippen molar-refractivity contribution in [1.82, 2.24) is 9.55 Å². The molecular weight excluding hydrogens is 226 g/mol. The van der Waals surface area contributed by atoms with Crippen molar-refractivity contribution < 1.29 is 4.74 Å². The zero-order chi connectivity index (χ0) is 13.5. The van der Waals surface area contributed by atoms with E-state index in [-0.39, 0.29) is 0 Å². The summed E-state index contributed by atoms with van der Waals surface area (Å²) in [6.45, 7) is 10.5. The minimum absolute atomic E-state index is 0.452. The predicted molar refractivity (Wildman–Crippen MR) is 76.0 cm³/mol. The van der Waals surface area contributed by atoms with Crippen LogP contribution in [-0.2, 0) is 11.3 Å². The molecule has 4 nitrogen and oxygen atoms in total. The summed E-state index contributed by atoms with van der Waals surface area (Å²) in [5, 5.41) is 3.50. The Morgan fingerprint density at radius 2 is 2.11 bits per heavy atom. The molecule has 1 N–H and O–H groups in total. The van der Waals surface area contributed by atoms with Crippen molar-refractivity contribution in [3.05, 3.63) is 11.9 Å². The molecule has 0 amide bonds. The summed E-state index contributed by atoms with van der Waals surface area (Å²) in [4.78, 5) is 4.55. The summed E-state index contributed by atoms with van der Waals surface area (Å²) < 4.78 is 7.28. The van der Waals surface area contributed by atoms with Crippen molar-refractivity contribution in [2.45, 2.75) is 53.1 Å². The Kier molecular flexibility index (Phi) is 6.19. The Balaban J connectivity index is 2.57. The zero-order valence-corrected chi connectivity index (χ0v) is 12.4. The number of hydrogen-bond acceptors (Lipinski definition) is 3. The first-order chi connectivity index (χ1) is 8.52. The summed E-state index contributed by atoms with van der Waals surface area (Å²) in [6.07, 6.45) is 4.27. The average molecular weight is 253 g/mol. The van der Waals surface area contributed by atoms with Crippen molar-refractivity contribution >= 4 is 5.95 Å². The Labute approximate surface area is 111 Å². The third kappa shape index (κ3) is 5.08. The number of imidazole rings is 1. The Morgan fingerprint density at radius 3 is 2.72 bits per heavy atom. The van der Waals surface area contributed by atoms with Gasteiger partial charge < -0.3 is 14.6 Å². The number of hydrogen-bond donors (Lipinski definition) is 1. The second kappa shape index (κ2) is 7.41. The van der Waals surface area contributed by atoms with E-state index < -0.39 is 0 Å². The van der Waals surface area contributed by atoms with Gasteiger partial charge in [0.15, 0.2) is 0 Å². The predicted octanol–water partition coefficient (Wildman–Crippen LogP) is 3.07. The SMILES string of the molecule is COCCCn1cc(C)nc1NC(C)CC(C)C. The molecular formula is C14H27N3O. The Bertz CT molecular complexity index is 347. The number of ether oxygens (including phenoxy) is 1. The lowest BCUT2D eigenvalue weighted by molar-refractivity contribution is 0.190. The Morgan fingerprint density at radius 1 is 1.39 bits per heavy atom. The number of nitrogens with one attached hydrogen (secondary N) is 1. The number of anilines is 1. The lowest BCUT2D eigenvalue weighted by Crippen LogP contribution is -2.20. The number of aryl methyl sites for hydroxylation is 2. The topological polar surface area (TPSA) is 39.1 Å². The van der Waals surface area contributed by atoms with Gasteiger partial charge in [0.1, 0.15) is 0 Å². The van der Waals surface area contributed by atoms with Gasteiger partial charge in [-0.3, -0.25) is 0 Å². The van der Waals surface area contributed by atoms with E-state index in [1.807, 2.05) is 6.92 Å². The molecule has 0 saturated carbocycles. The van der Waals surface area contributed by atoms with E-state index in [9.17, 15) is 0 Å². The lowest BCUT2D eigenvalue weighted by Gasteiger charge is -2.17. The highest BCUT2D eigenvalue weighted by Crippen LogP contribution is 2.14. The molecule has 4 heteroatoms. The highest BCUT2D eigenvalue weighted by molar-refractivity contribution is 5.29. The van der Waals surface area contributed by atoms with Crippen LogP contribution in [0.3, 0.4) is 0 Å². The molecule has 0 aromatic carbocycles. The maximum Gasteiger partial charge on any atom is 0.203 e. The maximum atomic E-state index is 5.09. The van der Waals surface area contributed by atoms with Gasteiger partial charge in [0, 0.05) is 32.5 Å². The third-order valence-electron chi connectivity index (χ3n) is 2.84. The molecule has 0 spiro atoms. The summed E-state index contributed by atoms with van der Waals surface area (Å²) in [7, 11) is 1.74. The van der Waals surface area contributed by atoms with E-state index in [0.29, 0.717) is 12.0 Å². The van der Waals surface area contributed by atoms with Gasteiger partial charge in [-0.05, 0) is 32.6 Å². The Hall–Kier alpha value is -1.03. The largest absolute Gasteiger partial charge is 0.385 e. The van der Waals surface area contributed by atoms with E-state index >= 15 is 0 Å². The van der Waals surface area contributed by atoms with Crippen molar-refractivity contribution in [2.24, 2.45) is 5.92 Å². The summed E-state index contributed by atoms with van der Waals surface area (Å²) in [6, 6.07) is 0.452. The summed E-state index contributed by atoms with van der Waals surface area (Å²) in [5.41, 5.74) is 1.06. The minimum atomic E-state index is 0.452. The minimum Gasteiger partial charge on any atom is -0.385 e. The second-order valence-electron chi connectivity index (χ2n) is 5.42. The first-order valence-electron chi connectivity index (χ1n) is 6.82. The van der Waals surface area contributed by atoms with Gasteiger partial charge in [-0.15, -0.1) is 0 Å². The van der Waals surface area contributed by atoms with Crippen LogP contribution in [0.5, 0.6) is 0 Å². The van der Waals surface area contributed by atoms with Crippen LogP contribution in [0.1, 0.15) is 39.3 Å². The van der Waals surface area contributed by atoms with Gasteiger partial charge in [-0.25, -0.2) is 4.98 Å². The molecule has 0 saturated heterocycles. The van der Waals surface area contributed by atoms with E-state index in [4.69, 9.17) is 4.74 Å². The molecule has 0 aliphatic heterocycles. The van der Waals surface area contributed by atoms with Crippen LogP contribution < -0.4 is 5.32 Å². The fraction of sp³-hybridized carbons (Fsp3) is 0.786. The van der Waals surface area contributed by atoms with Gasteiger partial charge in [0.05, 0.1) is 5.69 Å². The zero-order valence-electron chi connectivity index (χ0n) is 12.4.